The van der Waals surface area contributed by atoms with E-state index >= 15 is 0 Å². The Bertz CT molecular complexity index is 469. The minimum Gasteiger partial charge on any atom is -0.352 e. The molecule has 0 radical (unpaired) electrons. The van der Waals surface area contributed by atoms with E-state index in [0.29, 0.717) is 23.7 Å². The van der Waals surface area contributed by atoms with Gasteiger partial charge in [-0.3, -0.25) is 9.59 Å². The fourth-order valence-corrected chi connectivity index (χ4v) is 1.59. The molecule has 2 N–H and O–H groups in total. The number of amides is 2. The average molecular weight is 276 g/mol. The van der Waals surface area contributed by atoms with Crippen LogP contribution in [0.25, 0.3) is 0 Å². The van der Waals surface area contributed by atoms with Crippen molar-refractivity contribution in [2.45, 2.75) is 34.1 Å². The number of benzene rings is 1. The molecule has 0 bridgehead atoms. The van der Waals surface area contributed by atoms with Crippen molar-refractivity contribution in [3.63, 3.8) is 0 Å². The molecule has 0 aliphatic rings. The molecule has 0 fully saturated rings. The average Bonchev–Trinajstić information content (AvgIpc) is 2.43. The monoisotopic (exact) mass is 276 g/mol. The fraction of sp³-hybridized carbons (Fsp3) is 0.500. The van der Waals surface area contributed by atoms with Crippen LogP contribution in [0.3, 0.4) is 0 Å². The standard InChI is InChI=1S/C16H24N2O2/c1-5-12(4)15(19)18-14-8-6-7-13(9-14)16(20)17-10-11(2)3/h6-9,11-12H,5,10H2,1-4H3,(H,17,20)(H,18,19)/t12-/m1/s1. The Morgan fingerprint density at radius 1 is 1.20 bits per heavy atom. The zero-order valence-corrected chi connectivity index (χ0v) is 12.7. The SMILES string of the molecule is CC[C@@H](C)C(=O)Nc1cccc(C(=O)NCC(C)C)c1. The largest absolute Gasteiger partial charge is 0.352 e. The van der Waals surface area contributed by atoms with Crippen LogP contribution in [0.2, 0.25) is 0 Å². The number of nitrogens with one attached hydrogen (secondary N) is 2. The molecule has 0 spiro atoms. The van der Waals surface area contributed by atoms with Gasteiger partial charge in [0, 0.05) is 23.7 Å². The van der Waals surface area contributed by atoms with Gasteiger partial charge in [0.2, 0.25) is 5.91 Å². The molecule has 0 aromatic heterocycles. The lowest BCUT2D eigenvalue weighted by molar-refractivity contribution is -0.119. The van der Waals surface area contributed by atoms with Crippen molar-refractivity contribution in [2.24, 2.45) is 11.8 Å². The van der Waals surface area contributed by atoms with E-state index < -0.39 is 0 Å². The summed E-state index contributed by atoms with van der Waals surface area (Å²) in [4.78, 5) is 23.8. The molecule has 0 heterocycles. The number of hydrogen-bond donors (Lipinski definition) is 2. The van der Waals surface area contributed by atoms with Gasteiger partial charge in [-0.15, -0.1) is 0 Å². The third-order valence-electron chi connectivity index (χ3n) is 3.12. The molecule has 0 aliphatic carbocycles. The van der Waals surface area contributed by atoms with Gasteiger partial charge in [-0.2, -0.15) is 0 Å². The van der Waals surface area contributed by atoms with Gasteiger partial charge in [0.1, 0.15) is 0 Å². The van der Waals surface area contributed by atoms with Crippen molar-refractivity contribution < 1.29 is 9.59 Å². The van der Waals surface area contributed by atoms with E-state index in [9.17, 15) is 9.59 Å². The summed E-state index contributed by atoms with van der Waals surface area (Å²) >= 11 is 0. The Morgan fingerprint density at radius 2 is 1.90 bits per heavy atom. The van der Waals surface area contributed by atoms with Gasteiger partial charge in [0.15, 0.2) is 0 Å². The molecule has 1 aromatic carbocycles. The predicted molar refractivity (Wildman–Crippen MR) is 81.7 cm³/mol. The molecule has 4 heteroatoms. The number of carbonyl (C=O) groups excluding carboxylic acids is 2. The Morgan fingerprint density at radius 3 is 2.50 bits per heavy atom. The Kier molecular flexibility index (Phi) is 6.22. The third-order valence-corrected chi connectivity index (χ3v) is 3.12. The molecule has 4 nitrogen and oxygen atoms in total. The molecular weight excluding hydrogens is 252 g/mol. The summed E-state index contributed by atoms with van der Waals surface area (Å²) in [5.41, 5.74) is 1.22. The number of hydrogen-bond acceptors (Lipinski definition) is 2. The van der Waals surface area contributed by atoms with Crippen LogP contribution in [-0.2, 0) is 4.79 Å². The van der Waals surface area contributed by atoms with E-state index in [-0.39, 0.29) is 17.7 Å². The van der Waals surface area contributed by atoms with Gasteiger partial charge in [0.25, 0.3) is 5.91 Å². The zero-order chi connectivity index (χ0) is 15.1. The Labute approximate surface area is 121 Å². The van der Waals surface area contributed by atoms with E-state index in [1.54, 1.807) is 24.3 Å². The van der Waals surface area contributed by atoms with Gasteiger partial charge in [-0.05, 0) is 30.5 Å². The molecule has 1 rings (SSSR count). The van der Waals surface area contributed by atoms with E-state index in [1.165, 1.54) is 0 Å². The second kappa shape index (κ2) is 7.68. The smallest absolute Gasteiger partial charge is 0.251 e. The van der Waals surface area contributed by atoms with Gasteiger partial charge in [-0.25, -0.2) is 0 Å². The van der Waals surface area contributed by atoms with Crippen LogP contribution in [0.4, 0.5) is 5.69 Å². The minimum absolute atomic E-state index is 0.0211. The number of anilines is 1. The fourth-order valence-electron chi connectivity index (χ4n) is 1.59. The molecule has 0 saturated carbocycles. The summed E-state index contributed by atoms with van der Waals surface area (Å²) in [5, 5.41) is 5.70. The summed E-state index contributed by atoms with van der Waals surface area (Å²) in [5.74, 6) is 0.242. The van der Waals surface area contributed by atoms with E-state index in [0.717, 1.165) is 6.42 Å². The van der Waals surface area contributed by atoms with Crippen LogP contribution in [-0.4, -0.2) is 18.4 Å². The van der Waals surface area contributed by atoms with Crippen molar-refractivity contribution in [1.29, 1.82) is 0 Å². The van der Waals surface area contributed by atoms with Gasteiger partial charge >= 0.3 is 0 Å². The van der Waals surface area contributed by atoms with Gasteiger partial charge < -0.3 is 10.6 Å². The van der Waals surface area contributed by atoms with E-state index in [1.807, 2.05) is 27.7 Å². The molecule has 0 aliphatic heterocycles. The highest BCUT2D eigenvalue weighted by atomic mass is 16.2. The first-order chi connectivity index (χ1) is 9.43. The molecule has 110 valence electrons. The normalized spacial score (nSPS) is 12.1. The summed E-state index contributed by atoms with van der Waals surface area (Å²) in [6.07, 6.45) is 0.792. The second-order valence-electron chi connectivity index (χ2n) is 5.48. The maximum Gasteiger partial charge on any atom is 0.251 e. The molecule has 1 aromatic rings. The van der Waals surface area contributed by atoms with Crippen LogP contribution in [0.15, 0.2) is 24.3 Å². The van der Waals surface area contributed by atoms with Crippen molar-refractivity contribution in [3.8, 4) is 0 Å². The molecular formula is C16H24N2O2. The third kappa shape index (κ3) is 5.03. The molecule has 2 amide bonds. The van der Waals surface area contributed by atoms with Crippen LogP contribution >= 0.6 is 0 Å². The highest BCUT2D eigenvalue weighted by Gasteiger charge is 2.12. The number of rotatable bonds is 6. The Hall–Kier alpha value is -1.84. The summed E-state index contributed by atoms with van der Waals surface area (Å²) in [6.45, 7) is 8.59. The lowest BCUT2D eigenvalue weighted by Crippen LogP contribution is -2.27. The van der Waals surface area contributed by atoms with Crippen LogP contribution in [0.1, 0.15) is 44.5 Å². The van der Waals surface area contributed by atoms with E-state index in [2.05, 4.69) is 10.6 Å². The molecule has 20 heavy (non-hydrogen) atoms. The first-order valence-electron chi connectivity index (χ1n) is 7.13. The van der Waals surface area contributed by atoms with Crippen molar-refractivity contribution >= 4 is 17.5 Å². The first kappa shape index (κ1) is 16.2. The summed E-state index contributed by atoms with van der Waals surface area (Å²) in [7, 11) is 0. The maximum atomic E-state index is 12.0. The summed E-state index contributed by atoms with van der Waals surface area (Å²) in [6, 6.07) is 7.01. The summed E-state index contributed by atoms with van der Waals surface area (Å²) < 4.78 is 0. The Balaban J connectivity index is 2.70. The highest BCUT2D eigenvalue weighted by molar-refractivity contribution is 5.97. The first-order valence-corrected chi connectivity index (χ1v) is 7.13. The van der Waals surface area contributed by atoms with Crippen LogP contribution < -0.4 is 10.6 Å². The molecule has 0 unspecified atom stereocenters. The van der Waals surface area contributed by atoms with Crippen molar-refractivity contribution in [3.05, 3.63) is 29.8 Å². The van der Waals surface area contributed by atoms with Crippen molar-refractivity contribution in [1.82, 2.24) is 5.32 Å². The lowest BCUT2D eigenvalue weighted by atomic mass is 10.1. The predicted octanol–water partition coefficient (Wildman–Crippen LogP) is 3.06. The van der Waals surface area contributed by atoms with Gasteiger partial charge in [-0.1, -0.05) is 33.8 Å². The zero-order valence-electron chi connectivity index (χ0n) is 12.7. The second-order valence-corrected chi connectivity index (χ2v) is 5.48. The van der Waals surface area contributed by atoms with Crippen LogP contribution in [0, 0.1) is 11.8 Å². The quantitative estimate of drug-likeness (QED) is 0.839. The maximum absolute atomic E-state index is 12.0. The lowest BCUT2D eigenvalue weighted by Gasteiger charge is -2.11. The van der Waals surface area contributed by atoms with Crippen LogP contribution in [0.5, 0.6) is 0 Å². The molecule has 0 saturated heterocycles. The number of carbonyl (C=O) groups is 2. The van der Waals surface area contributed by atoms with Gasteiger partial charge in [0.05, 0.1) is 0 Å². The molecule has 1 atom stereocenters. The van der Waals surface area contributed by atoms with E-state index in [4.69, 9.17) is 0 Å². The highest BCUT2D eigenvalue weighted by Crippen LogP contribution is 2.13. The topological polar surface area (TPSA) is 58.2 Å². The minimum atomic E-state index is -0.113. The van der Waals surface area contributed by atoms with Crippen molar-refractivity contribution in [2.75, 3.05) is 11.9 Å².